The minimum absolute atomic E-state index is 0.144. The van der Waals surface area contributed by atoms with E-state index in [9.17, 15) is 4.39 Å². The van der Waals surface area contributed by atoms with Gasteiger partial charge in [0, 0.05) is 25.1 Å². The van der Waals surface area contributed by atoms with Crippen molar-refractivity contribution in [3.8, 4) is 5.75 Å². The summed E-state index contributed by atoms with van der Waals surface area (Å²) in [4.78, 5) is 4.13. The number of hydrogen-bond donors (Lipinski definition) is 0. The van der Waals surface area contributed by atoms with Gasteiger partial charge in [-0.3, -0.25) is 4.98 Å². The second kappa shape index (κ2) is 7.74. The molecular formula is C17H20FNO2. The molecular weight excluding hydrogens is 269 g/mol. The Balaban J connectivity index is 2.18. The molecule has 2 atom stereocenters. The zero-order chi connectivity index (χ0) is 15.1. The van der Waals surface area contributed by atoms with E-state index < -0.39 is 0 Å². The van der Waals surface area contributed by atoms with Gasteiger partial charge in [-0.05, 0) is 36.8 Å². The maximum absolute atomic E-state index is 13.0. The zero-order valence-electron chi connectivity index (χ0n) is 12.3. The molecule has 3 nitrogen and oxygen atoms in total. The van der Waals surface area contributed by atoms with E-state index in [-0.39, 0.29) is 18.0 Å². The van der Waals surface area contributed by atoms with E-state index in [4.69, 9.17) is 9.47 Å². The van der Waals surface area contributed by atoms with Crippen molar-refractivity contribution < 1.29 is 13.9 Å². The van der Waals surface area contributed by atoms with Crippen LogP contribution in [-0.4, -0.2) is 18.2 Å². The zero-order valence-corrected chi connectivity index (χ0v) is 12.3. The second-order valence-corrected chi connectivity index (χ2v) is 4.84. The number of benzene rings is 1. The Morgan fingerprint density at radius 1 is 1.19 bits per heavy atom. The van der Waals surface area contributed by atoms with Crippen LogP contribution in [0.3, 0.4) is 0 Å². The summed E-state index contributed by atoms with van der Waals surface area (Å²) in [6.45, 7) is 2.09. The van der Waals surface area contributed by atoms with Gasteiger partial charge >= 0.3 is 0 Å². The molecule has 4 heteroatoms. The van der Waals surface area contributed by atoms with Crippen molar-refractivity contribution in [2.75, 3.05) is 7.11 Å². The van der Waals surface area contributed by atoms with Gasteiger partial charge in [-0.1, -0.05) is 19.4 Å². The molecule has 0 radical (unpaired) electrons. The topological polar surface area (TPSA) is 31.4 Å². The first-order valence-electron chi connectivity index (χ1n) is 7.09. The fourth-order valence-electron chi connectivity index (χ4n) is 2.29. The van der Waals surface area contributed by atoms with Crippen LogP contribution in [0, 0.1) is 5.82 Å². The van der Waals surface area contributed by atoms with Gasteiger partial charge in [-0.15, -0.1) is 0 Å². The van der Waals surface area contributed by atoms with Crippen LogP contribution >= 0.6 is 0 Å². The number of ether oxygens (including phenoxy) is 2. The van der Waals surface area contributed by atoms with Crippen LogP contribution in [-0.2, 0) is 4.74 Å². The minimum atomic E-state index is -0.273. The molecule has 0 aliphatic heterocycles. The van der Waals surface area contributed by atoms with Crippen molar-refractivity contribution in [2.24, 2.45) is 0 Å². The van der Waals surface area contributed by atoms with E-state index in [2.05, 4.69) is 11.9 Å². The van der Waals surface area contributed by atoms with Crippen LogP contribution in [0.25, 0.3) is 0 Å². The Morgan fingerprint density at radius 2 is 1.95 bits per heavy atom. The predicted molar refractivity (Wildman–Crippen MR) is 79.7 cm³/mol. The van der Waals surface area contributed by atoms with Gasteiger partial charge in [0.05, 0.1) is 0 Å². The van der Waals surface area contributed by atoms with Gasteiger partial charge in [-0.25, -0.2) is 4.39 Å². The number of rotatable bonds is 7. The Kier molecular flexibility index (Phi) is 5.69. The quantitative estimate of drug-likeness (QED) is 0.767. The highest BCUT2D eigenvalue weighted by Crippen LogP contribution is 2.27. The van der Waals surface area contributed by atoms with Crippen molar-refractivity contribution in [3.05, 3.63) is 60.2 Å². The van der Waals surface area contributed by atoms with Crippen LogP contribution in [0.2, 0.25) is 0 Å². The van der Waals surface area contributed by atoms with Crippen molar-refractivity contribution in [2.45, 2.75) is 32.0 Å². The third-order valence-electron chi connectivity index (χ3n) is 3.28. The summed E-state index contributed by atoms with van der Waals surface area (Å²) in [6.07, 6.45) is 4.96. The van der Waals surface area contributed by atoms with Crippen molar-refractivity contribution in [3.63, 3.8) is 0 Å². The van der Waals surface area contributed by atoms with Gasteiger partial charge in [-0.2, -0.15) is 0 Å². The summed E-state index contributed by atoms with van der Waals surface area (Å²) in [5, 5.41) is 0. The lowest BCUT2D eigenvalue weighted by Crippen LogP contribution is -2.27. The molecule has 0 fully saturated rings. The standard InChI is InChI=1S/C17H20FNO2/c1-3-5-16(21-15-9-7-14(18)8-10-15)17(20-2)13-6-4-11-19-12-13/h4,6-12,16-17H,3,5H2,1-2H3. The van der Waals surface area contributed by atoms with Gasteiger partial charge in [0.2, 0.25) is 0 Å². The summed E-state index contributed by atoms with van der Waals surface area (Å²) in [7, 11) is 1.66. The van der Waals surface area contributed by atoms with E-state index in [0.29, 0.717) is 5.75 Å². The number of methoxy groups -OCH3 is 1. The Morgan fingerprint density at radius 3 is 2.52 bits per heavy atom. The number of aromatic nitrogens is 1. The molecule has 0 aliphatic carbocycles. The molecule has 0 saturated carbocycles. The lowest BCUT2D eigenvalue weighted by Gasteiger charge is -2.27. The van der Waals surface area contributed by atoms with Crippen molar-refractivity contribution in [1.29, 1.82) is 0 Å². The van der Waals surface area contributed by atoms with Crippen LogP contribution in [0.4, 0.5) is 4.39 Å². The summed E-state index contributed by atoms with van der Waals surface area (Å²) in [5.41, 5.74) is 0.973. The molecule has 0 aliphatic rings. The Labute approximate surface area is 124 Å². The van der Waals surface area contributed by atoms with E-state index in [1.807, 2.05) is 12.1 Å². The fourth-order valence-corrected chi connectivity index (χ4v) is 2.29. The van der Waals surface area contributed by atoms with E-state index in [1.54, 1.807) is 31.6 Å². The lowest BCUT2D eigenvalue weighted by molar-refractivity contribution is -0.00401. The summed E-state index contributed by atoms with van der Waals surface area (Å²) in [5.74, 6) is 0.366. The molecule has 0 N–H and O–H groups in total. The van der Waals surface area contributed by atoms with Crippen molar-refractivity contribution >= 4 is 0 Å². The van der Waals surface area contributed by atoms with E-state index in [1.165, 1.54) is 12.1 Å². The van der Waals surface area contributed by atoms with Crippen LogP contribution in [0.1, 0.15) is 31.4 Å². The van der Waals surface area contributed by atoms with E-state index >= 15 is 0 Å². The average Bonchev–Trinajstić information content (AvgIpc) is 2.51. The molecule has 0 spiro atoms. The summed E-state index contributed by atoms with van der Waals surface area (Å²) in [6, 6.07) is 9.90. The smallest absolute Gasteiger partial charge is 0.129 e. The first-order chi connectivity index (χ1) is 10.2. The number of halogens is 1. The molecule has 0 saturated heterocycles. The predicted octanol–water partition coefficient (Wildman–Crippen LogP) is 4.16. The molecule has 0 amide bonds. The number of hydrogen-bond acceptors (Lipinski definition) is 3. The molecule has 2 aromatic rings. The van der Waals surface area contributed by atoms with Gasteiger partial charge in [0.15, 0.2) is 0 Å². The molecule has 1 heterocycles. The average molecular weight is 289 g/mol. The molecule has 0 bridgehead atoms. The third-order valence-corrected chi connectivity index (χ3v) is 3.28. The maximum Gasteiger partial charge on any atom is 0.129 e. The number of nitrogens with zero attached hydrogens (tertiary/aromatic N) is 1. The van der Waals surface area contributed by atoms with Crippen LogP contribution in [0.15, 0.2) is 48.8 Å². The highest BCUT2D eigenvalue weighted by molar-refractivity contribution is 5.23. The molecule has 1 aromatic heterocycles. The summed E-state index contributed by atoms with van der Waals surface area (Å²) >= 11 is 0. The highest BCUT2D eigenvalue weighted by Gasteiger charge is 2.24. The summed E-state index contributed by atoms with van der Waals surface area (Å²) < 4.78 is 24.6. The van der Waals surface area contributed by atoms with Crippen molar-refractivity contribution in [1.82, 2.24) is 4.98 Å². The molecule has 112 valence electrons. The first kappa shape index (κ1) is 15.4. The largest absolute Gasteiger partial charge is 0.487 e. The molecule has 2 rings (SSSR count). The third kappa shape index (κ3) is 4.26. The SMILES string of the molecule is CCCC(Oc1ccc(F)cc1)C(OC)c1cccnc1. The van der Waals surface area contributed by atoms with Crippen LogP contribution in [0.5, 0.6) is 5.75 Å². The van der Waals surface area contributed by atoms with E-state index in [0.717, 1.165) is 18.4 Å². The minimum Gasteiger partial charge on any atom is -0.487 e. The van der Waals surface area contributed by atoms with Crippen LogP contribution < -0.4 is 4.74 Å². The maximum atomic E-state index is 13.0. The fraction of sp³-hybridized carbons (Fsp3) is 0.353. The Hall–Kier alpha value is -1.94. The number of pyridine rings is 1. The lowest BCUT2D eigenvalue weighted by atomic mass is 10.0. The molecule has 1 aromatic carbocycles. The van der Waals surface area contributed by atoms with Gasteiger partial charge in [0.25, 0.3) is 0 Å². The highest BCUT2D eigenvalue weighted by atomic mass is 19.1. The normalized spacial score (nSPS) is 13.7. The second-order valence-electron chi connectivity index (χ2n) is 4.84. The van der Waals surface area contributed by atoms with Gasteiger partial charge in [0.1, 0.15) is 23.8 Å². The monoisotopic (exact) mass is 289 g/mol. The molecule has 21 heavy (non-hydrogen) atoms. The Bertz CT molecular complexity index is 530. The first-order valence-corrected chi connectivity index (χ1v) is 7.09. The molecule has 2 unspecified atom stereocenters. The van der Waals surface area contributed by atoms with Gasteiger partial charge < -0.3 is 9.47 Å².